The Morgan fingerprint density at radius 1 is 1.15 bits per heavy atom. The lowest BCUT2D eigenvalue weighted by atomic mass is 9.97. The molecule has 9 heteroatoms. The minimum Gasteiger partial charge on any atom is -0.508 e. The van der Waals surface area contributed by atoms with Gasteiger partial charge < -0.3 is 24.8 Å². The summed E-state index contributed by atoms with van der Waals surface area (Å²) in [5.41, 5.74) is 2.62. The fourth-order valence-electron chi connectivity index (χ4n) is 5.86. The molecule has 0 bridgehead atoms. The van der Waals surface area contributed by atoms with Gasteiger partial charge in [-0.25, -0.2) is 4.98 Å². The Balaban J connectivity index is 1.45. The second-order valence-corrected chi connectivity index (χ2v) is 11.4. The van der Waals surface area contributed by atoms with Crippen LogP contribution in [0.25, 0.3) is 32.9 Å². The molecule has 2 saturated heterocycles. The summed E-state index contributed by atoms with van der Waals surface area (Å²) in [6.07, 6.45) is 3.18. The van der Waals surface area contributed by atoms with Crippen molar-refractivity contribution in [3.05, 3.63) is 76.6 Å². The molecule has 4 aromatic rings. The molecule has 0 saturated carbocycles. The van der Waals surface area contributed by atoms with Gasteiger partial charge in [0.05, 0.1) is 16.1 Å². The highest BCUT2D eigenvalue weighted by Crippen LogP contribution is 2.38. The lowest BCUT2D eigenvalue weighted by Gasteiger charge is -2.39. The van der Waals surface area contributed by atoms with E-state index in [1.165, 1.54) is 6.08 Å². The van der Waals surface area contributed by atoms with Crippen LogP contribution in [0.15, 0.2) is 66.0 Å². The highest BCUT2D eigenvalue weighted by molar-refractivity contribution is 6.34. The van der Waals surface area contributed by atoms with Gasteiger partial charge in [-0.3, -0.25) is 9.59 Å². The Hall–Kier alpha value is -3.88. The SMILES string of the molecule is C=CC(=O)N1CC(Cn2c(=O)c(NC3CCN(C)CC3)nc3cc(-c4cc(O)cc5ccccc45)c(Cl)cc32)C1. The number of likely N-dealkylation sites (tertiary alicyclic amines) is 2. The topological polar surface area (TPSA) is 90.7 Å². The third-order valence-corrected chi connectivity index (χ3v) is 8.43. The number of phenolic OH excluding ortho intramolecular Hbond substituents is 1. The van der Waals surface area contributed by atoms with E-state index in [1.54, 1.807) is 27.7 Å². The normalized spacial score (nSPS) is 16.8. The molecule has 6 rings (SSSR count). The fraction of sp³-hybridized carbons (Fsp3) is 0.323. The Bertz CT molecular complexity index is 1690. The van der Waals surface area contributed by atoms with Crippen molar-refractivity contribution < 1.29 is 9.90 Å². The average Bonchev–Trinajstić information content (AvgIpc) is 2.92. The molecule has 0 atom stereocenters. The second kappa shape index (κ2) is 10.6. The van der Waals surface area contributed by atoms with Crippen LogP contribution in [0.4, 0.5) is 5.82 Å². The average molecular weight is 558 g/mol. The van der Waals surface area contributed by atoms with Crippen molar-refractivity contribution in [2.24, 2.45) is 5.92 Å². The Labute approximate surface area is 237 Å². The van der Waals surface area contributed by atoms with Crippen LogP contribution in [0.5, 0.6) is 5.75 Å². The van der Waals surface area contributed by atoms with Crippen LogP contribution < -0.4 is 10.9 Å². The molecule has 2 aliphatic rings. The number of aromatic hydroxyl groups is 1. The van der Waals surface area contributed by atoms with Gasteiger partial charge in [0.2, 0.25) is 5.91 Å². The fourth-order valence-corrected chi connectivity index (χ4v) is 6.12. The molecule has 40 heavy (non-hydrogen) atoms. The van der Waals surface area contributed by atoms with Gasteiger partial charge in [0.1, 0.15) is 5.75 Å². The summed E-state index contributed by atoms with van der Waals surface area (Å²) in [6.45, 7) is 7.07. The predicted molar refractivity (Wildman–Crippen MR) is 160 cm³/mol. The number of anilines is 1. The summed E-state index contributed by atoms with van der Waals surface area (Å²) < 4.78 is 1.75. The number of halogens is 1. The largest absolute Gasteiger partial charge is 0.508 e. The van der Waals surface area contributed by atoms with Gasteiger partial charge in [0.15, 0.2) is 5.82 Å². The van der Waals surface area contributed by atoms with E-state index in [0.717, 1.165) is 47.8 Å². The first-order chi connectivity index (χ1) is 19.3. The molecule has 2 fully saturated rings. The van der Waals surface area contributed by atoms with E-state index in [4.69, 9.17) is 16.6 Å². The van der Waals surface area contributed by atoms with Gasteiger partial charge in [-0.2, -0.15) is 0 Å². The number of aromatic nitrogens is 2. The molecule has 0 aliphatic carbocycles. The number of fused-ring (bicyclic) bond motifs is 2. The zero-order valence-electron chi connectivity index (χ0n) is 22.4. The van der Waals surface area contributed by atoms with Gasteiger partial charge in [-0.1, -0.05) is 42.4 Å². The monoisotopic (exact) mass is 557 g/mol. The summed E-state index contributed by atoms with van der Waals surface area (Å²) in [6, 6.07) is 15.1. The molecule has 0 spiro atoms. The molecular formula is C31H32ClN5O3. The summed E-state index contributed by atoms with van der Waals surface area (Å²) >= 11 is 6.88. The van der Waals surface area contributed by atoms with E-state index < -0.39 is 0 Å². The van der Waals surface area contributed by atoms with Crippen LogP contribution in [0.2, 0.25) is 5.02 Å². The van der Waals surface area contributed by atoms with E-state index in [-0.39, 0.29) is 29.2 Å². The first-order valence-electron chi connectivity index (χ1n) is 13.6. The summed E-state index contributed by atoms with van der Waals surface area (Å²) in [5.74, 6) is 0.515. The number of hydrogen-bond acceptors (Lipinski definition) is 6. The van der Waals surface area contributed by atoms with Crippen molar-refractivity contribution in [3.63, 3.8) is 0 Å². The minimum atomic E-state index is -0.188. The van der Waals surface area contributed by atoms with Crippen molar-refractivity contribution in [2.75, 3.05) is 38.5 Å². The van der Waals surface area contributed by atoms with Crippen LogP contribution in [0.1, 0.15) is 12.8 Å². The molecule has 1 amide bonds. The summed E-state index contributed by atoms with van der Waals surface area (Å²) in [7, 11) is 2.10. The molecule has 0 radical (unpaired) electrons. The lowest BCUT2D eigenvalue weighted by molar-refractivity contribution is -0.132. The first kappa shape index (κ1) is 26.3. The van der Waals surface area contributed by atoms with E-state index in [1.807, 2.05) is 30.3 Å². The second-order valence-electron chi connectivity index (χ2n) is 10.9. The zero-order chi connectivity index (χ0) is 28.0. The lowest BCUT2D eigenvalue weighted by Crippen LogP contribution is -2.51. The van der Waals surface area contributed by atoms with Crippen LogP contribution in [-0.4, -0.2) is 69.6 Å². The standard InChI is InChI=1S/C31H32ClN5O3/c1-3-29(39)36-16-19(17-36)18-37-28-15-26(32)25(24-13-22(38)12-20-6-4-5-7-23(20)24)14-27(28)34-30(31(37)40)33-21-8-10-35(2)11-9-21/h3-7,12-15,19,21,38H,1,8-11,16-18H2,2H3,(H,33,34). The maximum Gasteiger partial charge on any atom is 0.293 e. The molecule has 0 unspecified atom stereocenters. The number of rotatable bonds is 6. The molecule has 2 N–H and O–H groups in total. The number of nitrogens with one attached hydrogen (secondary N) is 1. The Morgan fingerprint density at radius 2 is 1.90 bits per heavy atom. The number of phenols is 1. The van der Waals surface area contributed by atoms with Crippen LogP contribution in [0.3, 0.4) is 0 Å². The molecule has 3 aromatic carbocycles. The third-order valence-electron chi connectivity index (χ3n) is 8.12. The number of piperidine rings is 1. The van der Waals surface area contributed by atoms with Crippen molar-refractivity contribution in [1.29, 1.82) is 0 Å². The highest BCUT2D eigenvalue weighted by Gasteiger charge is 2.31. The number of carbonyl (C=O) groups is 1. The smallest absolute Gasteiger partial charge is 0.293 e. The van der Waals surface area contributed by atoms with Crippen molar-refractivity contribution in [1.82, 2.24) is 19.4 Å². The number of hydrogen-bond donors (Lipinski definition) is 2. The third kappa shape index (κ3) is 4.93. The summed E-state index contributed by atoms with van der Waals surface area (Å²) in [5, 5.41) is 16.2. The number of amides is 1. The van der Waals surface area contributed by atoms with E-state index in [2.05, 4.69) is 23.8 Å². The number of carbonyl (C=O) groups excluding carboxylic acids is 1. The minimum absolute atomic E-state index is 0.0983. The number of benzene rings is 3. The van der Waals surface area contributed by atoms with Crippen molar-refractivity contribution in [3.8, 4) is 16.9 Å². The van der Waals surface area contributed by atoms with Crippen LogP contribution in [0, 0.1) is 5.92 Å². The van der Waals surface area contributed by atoms with Crippen LogP contribution in [-0.2, 0) is 11.3 Å². The van der Waals surface area contributed by atoms with Gasteiger partial charge in [-0.05, 0) is 79.7 Å². The van der Waals surface area contributed by atoms with E-state index in [9.17, 15) is 14.7 Å². The van der Waals surface area contributed by atoms with Gasteiger partial charge in [0.25, 0.3) is 5.56 Å². The molecule has 8 nitrogen and oxygen atoms in total. The van der Waals surface area contributed by atoms with Crippen molar-refractivity contribution in [2.45, 2.75) is 25.4 Å². The zero-order valence-corrected chi connectivity index (χ0v) is 23.2. The van der Waals surface area contributed by atoms with Gasteiger partial charge >= 0.3 is 0 Å². The van der Waals surface area contributed by atoms with Crippen molar-refractivity contribution >= 4 is 45.1 Å². The molecular weight excluding hydrogens is 526 g/mol. The predicted octanol–water partition coefficient (Wildman–Crippen LogP) is 4.73. The molecule has 206 valence electrons. The number of nitrogens with zero attached hydrogens (tertiary/aromatic N) is 4. The van der Waals surface area contributed by atoms with Gasteiger partial charge in [-0.15, -0.1) is 0 Å². The summed E-state index contributed by atoms with van der Waals surface area (Å²) in [4.78, 5) is 34.6. The highest BCUT2D eigenvalue weighted by atomic mass is 35.5. The maximum atomic E-state index is 13.8. The molecule has 3 heterocycles. The first-order valence-corrected chi connectivity index (χ1v) is 14.0. The van der Waals surface area contributed by atoms with Gasteiger partial charge in [0, 0.05) is 37.2 Å². The van der Waals surface area contributed by atoms with E-state index in [0.29, 0.717) is 41.5 Å². The Kier molecular flexibility index (Phi) is 6.98. The van der Waals surface area contributed by atoms with E-state index >= 15 is 0 Å². The van der Waals surface area contributed by atoms with Crippen LogP contribution >= 0.6 is 11.6 Å². The maximum absolute atomic E-state index is 13.8. The molecule has 2 aliphatic heterocycles. The quantitative estimate of drug-likeness (QED) is 0.333. The molecule has 1 aromatic heterocycles. The Morgan fingerprint density at radius 3 is 2.65 bits per heavy atom.